The number of carbonyl (C=O) groups is 1. The monoisotopic (exact) mass is 585 g/mol. The third-order valence-corrected chi connectivity index (χ3v) is 6.00. The number of alkyl halides is 3. The molecule has 2 aromatic rings. The maximum absolute atomic E-state index is 12.3. The van der Waals surface area contributed by atoms with E-state index >= 15 is 0 Å². The number of hydrogen-bond acceptors (Lipinski definition) is 2. The smallest absolute Gasteiger partial charge is 0.228 e. The van der Waals surface area contributed by atoms with Crippen LogP contribution in [0.4, 0.5) is 5.69 Å². The molecule has 0 saturated heterocycles. The van der Waals surface area contributed by atoms with Crippen LogP contribution in [0.1, 0.15) is 11.1 Å². The highest BCUT2D eigenvalue weighted by Gasteiger charge is 2.34. The molecular weight excluding hydrogens is 572 g/mol. The maximum Gasteiger partial charge on any atom is 0.228 e. The fourth-order valence-electron chi connectivity index (χ4n) is 2.24. The SMILES string of the molecule is Cc1cc(NC(=S)N[C@@H](NC(=O)Cc2ccccc2)C(Cl)(Cl)Cl)c(Br)cc1Br. The van der Waals surface area contributed by atoms with Gasteiger partial charge in [-0.1, -0.05) is 81.1 Å². The van der Waals surface area contributed by atoms with Crippen LogP contribution >= 0.6 is 78.9 Å². The lowest BCUT2D eigenvalue weighted by atomic mass is 10.1. The third kappa shape index (κ3) is 7.35. The van der Waals surface area contributed by atoms with E-state index in [2.05, 4.69) is 47.8 Å². The van der Waals surface area contributed by atoms with Crippen molar-refractivity contribution in [3.05, 3.63) is 62.5 Å². The van der Waals surface area contributed by atoms with E-state index in [0.29, 0.717) is 0 Å². The number of thiocarbonyl (C=S) groups is 1. The lowest BCUT2D eigenvalue weighted by Gasteiger charge is -2.28. The minimum Gasteiger partial charge on any atom is -0.339 e. The molecule has 1 atom stereocenters. The molecule has 0 aliphatic carbocycles. The summed E-state index contributed by atoms with van der Waals surface area (Å²) in [7, 11) is 0. The van der Waals surface area contributed by atoms with Crippen molar-refractivity contribution in [3.63, 3.8) is 0 Å². The average Bonchev–Trinajstić information content (AvgIpc) is 2.59. The van der Waals surface area contributed by atoms with E-state index in [1.165, 1.54) is 0 Å². The molecule has 10 heteroatoms. The first-order valence-corrected chi connectivity index (χ1v) is 11.1. The zero-order valence-corrected chi connectivity index (χ0v) is 20.8. The van der Waals surface area contributed by atoms with Gasteiger partial charge in [0.25, 0.3) is 0 Å². The van der Waals surface area contributed by atoms with Crippen molar-refractivity contribution in [1.82, 2.24) is 10.6 Å². The first-order chi connectivity index (χ1) is 13.1. The number of hydrogen-bond donors (Lipinski definition) is 3. The Morgan fingerprint density at radius 3 is 2.36 bits per heavy atom. The third-order valence-electron chi connectivity index (χ3n) is 3.61. The first-order valence-electron chi connectivity index (χ1n) is 7.99. The largest absolute Gasteiger partial charge is 0.339 e. The summed E-state index contributed by atoms with van der Waals surface area (Å²) in [5.74, 6) is -0.307. The number of benzene rings is 2. The summed E-state index contributed by atoms with van der Waals surface area (Å²) in [6.07, 6.45) is -0.874. The molecule has 2 aromatic carbocycles. The maximum atomic E-state index is 12.3. The van der Waals surface area contributed by atoms with Crippen LogP contribution in [0.2, 0.25) is 0 Å². The van der Waals surface area contributed by atoms with Gasteiger partial charge in [0.05, 0.1) is 12.1 Å². The molecule has 0 unspecified atom stereocenters. The van der Waals surface area contributed by atoms with Crippen molar-refractivity contribution in [2.24, 2.45) is 0 Å². The van der Waals surface area contributed by atoms with Crippen molar-refractivity contribution in [3.8, 4) is 0 Å². The van der Waals surface area contributed by atoms with Crippen LogP contribution in [0.3, 0.4) is 0 Å². The molecule has 0 fully saturated rings. The van der Waals surface area contributed by atoms with Gasteiger partial charge in [-0.25, -0.2) is 0 Å². The van der Waals surface area contributed by atoms with Gasteiger partial charge in [-0.15, -0.1) is 0 Å². The Labute approximate surface area is 200 Å². The van der Waals surface area contributed by atoms with Crippen molar-refractivity contribution in [2.75, 3.05) is 5.32 Å². The Morgan fingerprint density at radius 1 is 1.11 bits per heavy atom. The Morgan fingerprint density at radius 2 is 1.75 bits per heavy atom. The summed E-state index contributed by atoms with van der Waals surface area (Å²) < 4.78 is -0.0610. The normalized spacial score (nSPS) is 12.2. The van der Waals surface area contributed by atoms with E-state index in [9.17, 15) is 4.79 Å². The predicted octanol–water partition coefficient (Wildman–Crippen LogP) is 5.86. The molecule has 0 radical (unpaired) electrons. The molecule has 0 heterocycles. The van der Waals surface area contributed by atoms with Crippen LogP contribution in [0.25, 0.3) is 0 Å². The summed E-state index contributed by atoms with van der Waals surface area (Å²) in [5, 5.41) is 8.73. The molecule has 0 aliphatic rings. The zero-order valence-electron chi connectivity index (χ0n) is 14.5. The van der Waals surface area contributed by atoms with Gasteiger partial charge in [-0.3, -0.25) is 4.79 Å². The molecule has 0 aromatic heterocycles. The van der Waals surface area contributed by atoms with Gasteiger partial charge in [0.15, 0.2) is 5.11 Å². The number of carbonyl (C=O) groups excluding carboxylic acids is 1. The first kappa shape index (κ1) is 23.7. The lowest BCUT2D eigenvalue weighted by molar-refractivity contribution is -0.121. The van der Waals surface area contributed by atoms with E-state index < -0.39 is 9.96 Å². The van der Waals surface area contributed by atoms with Crippen LogP contribution in [-0.2, 0) is 11.2 Å². The minimum absolute atomic E-state index is 0.150. The quantitative estimate of drug-likeness (QED) is 0.233. The molecule has 3 N–H and O–H groups in total. The number of aryl methyl sites for hydroxylation is 1. The summed E-state index contributed by atoms with van der Waals surface area (Å²) >= 11 is 30.3. The van der Waals surface area contributed by atoms with Gasteiger partial charge >= 0.3 is 0 Å². The fraction of sp³-hybridized carbons (Fsp3) is 0.222. The van der Waals surface area contributed by atoms with E-state index in [1.54, 1.807) is 0 Å². The standard InChI is InChI=1S/C18H16Br2Cl3N3OS/c1-10-7-14(13(20)9-12(10)19)24-17(28)26-16(18(21,22)23)25-15(27)8-11-5-3-2-4-6-11/h2-7,9,16H,8H2,1H3,(H,25,27)(H2,24,26,28)/t16-/m1/s1. The molecule has 0 aliphatic heterocycles. The van der Waals surface area contributed by atoms with Crippen molar-refractivity contribution in [1.29, 1.82) is 0 Å². The average molecular weight is 589 g/mol. The number of halogens is 5. The van der Waals surface area contributed by atoms with Gasteiger partial charge < -0.3 is 16.0 Å². The highest BCUT2D eigenvalue weighted by atomic mass is 79.9. The zero-order chi connectivity index (χ0) is 20.9. The van der Waals surface area contributed by atoms with Gasteiger partial charge in [-0.05, 0) is 58.3 Å². The van der Waals surface area contributed by atoms with Crippen LogP contribution in [0.5, 0.6) is 0 Å². The second-order valence-electron chi connectivity index (χ2n) is 5.88. The minimum atomic E-state index is -1.81. The second kappa shape index (κ2) is 10.5. The Balaban J connectivity index is 2.04. The molecule has 4 nitrogen and oxygen atoms in total. The number of anilines is 1. The van der Waals surface area contributed by atoms with Crippen molar-refractivity contribution in [2.45, 2.75) is 23.3 Å². The van der Waals surface area contributed by atoms with Crippen LogP contribution in [-0.4, -0.2) is 21.0 Å². The summed E-state index contributed by atoms with van der Waals surface area (Å²) in [6, 6.07) is 13.1. The van der Waals surface area contributed by atoms with Gasteiger partial charge in [0.2, 0.25) is 9.70 Å². The molecule has 150 valence electrons. The number of amides is 1. The number of nitrogens with one attached hydrogen (secondary N) is 3. The topological polar surface area (TPSA) is 53.2 Å². The van der Waals surface area contributed by atoms with Gasteiger partial charge in [0.1, 0.15) is 6.17 Å². The molecule has 2 rings (SSSR count). The van der Waals surface area contributed by atoms with Gasteiger partial charge in [0, 0.05) is 8.95 Å². The highest BCUT2D eigenvalue weighted by Crippen LogP contribution is 2.31. The van der Waals surface area contributed by atoms with Crippen LogP contribution < -0.4 is 16.0 Å². The van der Waals surface area contributed by atoms with Crippen molar-refractivity contribution < 1.29 is 4.79 Å². The van der Waals surface area contributed by atoms with E-state index in [0.717, 1.165) is 25.8 Å². The summed E-state index contributed by atoms with van der Waals surface area (Å²) in [6.45, 7) is 1.95. The van der Waals surface area contributed by atoms with E-state index in [-0.39, 0.29) is 17.4 Å². The highest BCUT2D eigenvalue weighted by molar-refractivity contribution is 9.11. The fourth-order valence-corrected chi connectivity index (χ4v) is 3.88. The van der Waals surface area contributed by atoms with Crippen LogP contribution in [0.15, 0.2) is 51.4 Å². The van der Waals surface area contributed by atoms with E-state index in [4.69, 9.17) is 47.0 Å². The Kier molecular flexibility index (Phi) is 8.85. The van der Waals surface area contributed by atoms with Crippen molar-refractivity contribution >= 4 is 95.6 Å². The molecule has 28 heavy (non-hydrogen) atoms. The molecule has 1 amide bonds. The molecule has 0 spiro atoms. The molecule has 0 bridgehead atoms. The Bertz CT molecular complexity index is 863. The van der Waals surface area contributed by atoms with Gasteiger partial charge in [-0.2, -0.15) is 0 Å². The molecular formula is C18H16Br2Cl3N3OS. The second-order valence-corrected chi connectivity index (χ2v) is 10.4. The summed E-state index contributed by atoms with van der Waals surface area (Å²) in [4.78, 5) is 12.3. The van der Waals surface area contributed by atoms with Crippen LogP contribution in [0, 0.1) is 6.92 Å². The predicted molar refractivity (Wildman–Crippen MR) is 128 cm³/mol. The number of rotatable bonds is 5. The summed E-state index contributed by atoms with van der Waals surface area (Å²) in [5.41, 5.74) is 2.59. The lowest BCUT2D eigenvalue weighted by Crippen LogP contribution is -2.56. The van der Waals surface area contributed by atoms with E-state index in [1.807, 2.05) is 49.4 Å². The molecule has 0 saturated carbocycles. The Hall–Kier alpha value is -0.570.